The highest BCUT2D eigenvalue weighted by Crippen LogP contribution is 2.30. The first-order chi connectivity index (χ1) is 5.11. The molecule has 11 heavy (non-hydrogen) atoms. The smallest absolute Gasteiger partial charge is 0.00155 e. The lowest BCUT2D eigenvalue weighted by Gasteiger charge is -2.29. The molecule has 1 fully saturated rings. The van der Waals surface area contributed by atoms with Gasteiger partial charge in [-0.25, -0.2) is 0 Å². The highest BCUT2D eigenvalue weighted by molar-refractivity contribution is 4.77. The Labute approximate surface area is 70.6 Å². The molecule has 0 amide bonds. The summed E-state index contributed by atoms with van der Waals surface area (Å²) in [5, 5.41) is 3.50. The molecule has 1 aliphatic heterocycles. The summed E-state index contributed by atoms with van der Waals surface area (Å²) in [6, 6.07) is 0. The molecule has 0 saturated carbocycles. The average Bonchev–Trinajstić information content (AvgIpc) is 2.10. The van der Waals surface area contributed by atoms with Crippen LogP contribution >= 0.6 is 0 Å². The highest BCUT2D eigenvalue weighted by Gasteiger charge is 2.24. The van der Waals surface area contributed by atoms with Crippen LogP contribution in [0.5, 0.6) is 0 Å². The van der Waals surface area contributed by atoms with Crippen LogP contribution in [-0.4, -0.2) is 13.1 Å². The monoisotopic (exact) mass is 155 g/mol. The zero-order valence-electron chi connectivity index (χ0n) is 8.11. The van der Waals surface area contributed by atoms with Crippen molar-refractivity contribution in [2.24, 2.45) is 11.3 Å². The van der Waals surface area contributed by atoms with Gasteiger partial charge in [0.2, 0.25) is 0 Å². The molecule has 1 rings (SSSR count). The number of hydrogen-bond donors (Lipinski definition) is 1. The van der Waals surface area contributed by atoms with E-state index in [1.54, 1.807) is 0 Å². The first kappa shape index (κ1) is 9.05. The summed E-state index contributed by atoms with van der Waals surface area (Å²) in [6.45, 7) is 9.51. The SMILES string of the molecule is CC(C)(C)[C@H]1CCCCNC1. The van der Waals surface area contributed by atoms with Crippen LogP contribution in [-0.2, 0) is 0 Å². The van der Waals surface area contributed by atoms with E-state index in [0.717, 1.165) is 5.92 Å². The Hall–Kier alpha value is -0.0400. The Morgan fingerprint density at radius 2 is 1.91 bits per heavy atom. The molecule has 1 nitrogen and oxygen atoms in total. The molecular formula is C10H21N. The van der Waals surface area contributed by atoms with Crippen LogP contribution in [0.4, 0.5) is 0 Å². The van der Waals surface area contributed by atoms with Crippen LogP contribution in [0.2, 0.25) is 0 Å². The predicted molar refractivity (Wildman–Crippen MR) is 49.7 cm³/mol. The van der Waals surface area contributed by atoms with Gasteiger partial charge < -0.3 is 5.32 Å². The van der Waals surface area contributed by atoms with Gasteiger partial charge in [0.05, 0.1) is 0 Å². The fraction of sp³-hybridized carbons (Fsp3) is 1.00. The lowest BCUT2D eigenvalue weighted by atomic mass is 9.78. The maximum Gasteiger partial charge on any atom is -0.00155 e. The van der Waals surface area contributed by atoms with E-state index in [-0.39, 0.29) is 0 Å². The maximum absolute atomic E-state index is 3.50. The van der Waals surface area contributed by atoms with Crippen molar-refractivity contribution in [1.29, 1.82) is 0 Å². The quantitative estimate of drug-likeness (QED) is 0.566. The topological polar surface area (TPSA) is 12.0 Å². The third-order valence-electron chi connectivity index (χ3n) is 2.77. The molecular weight excluding hydrogens is 134 g/mol. The maximum atomic E-state index is 3.50. The van der Waals surface area contributed by atoms with E-state index < -0.39 is 0 Å². The minimum absolute atomic E-state index is 0.497. The van der Waals surface area contributed by atoms with Gasteiger partial charge in [0, 0.05) is 0 Å². The fourth-order valence-electron chi connectivity index (χ4n) is 1.76. The lowest BCUT2D eigenvalue weighted by molar-refractivity contribution is 0.227. The molecule has 0 aliphatic carbocycles. The van der Waals surface area contributed by atoms with Gasteiger partial charge in [-0.1, -0.05) is 27.2 Å². The lowest BCUT2D eigenvalue weighted by Crippen LogP contribution is -2.29. The van der Waals surface area contributed by atoms with Crippen LogP contribution < -0.4 is 5.32 Å². The fourth-order valence-corrected chi connectivity index (χ4v) is 1.76. The van der Waals surface area contributed by atoms with E-state index >= 15 is 0 Å². The van der Waals surface area contributed by atoms with Gasteiger partial charge in [-0.15, -0.1) is 0 Å². The number of rotatable bonds is 0. The van der Waals surface area contributed by atoms with Crippen LogP contribution in [0.3, 0.4) is 0 Å². The number of nitrogens with one attached hydrogen (secondary N) is 1. The van der Waals surface area contributed by atoms with E-state index in [4.69, 9.17) is 0 Å². The predicted octanol–water partition coefficient (Wildman–Crippen LogP) is 2.42. The molecule has 0 spiro atoms. The van der Waals surface area contributed by atoms with Crippen molar-refractivity contribution in [1.82, 2.24) is 5.32 Å². The molecule has 1 saturated heterocycles. The third-order valence-corrected chi connectivity index (χ3v) is 2.77. The number of hydrogen-bond acceptors (Lipinski definition) is 1. The Bertz CT molecular complexity index is 105. The van der Waals surface area contributed by atoms with Crippen LogP contribution in [0, 0.1) is 11.3 Å². The van der Waals surface area contributed by atoms with Gasteiger partial charge in [0.1, 0.15) is 0 Å². The summed E-state index contributed by atoms with van der Waals surface area (Å²) in [6.07, 6.45) is 4.19. The van der Waals surface area contributed by atoms with E-state index in [1.807, 2.05) is 0 Å². The third kappa shape index (κ3) is 2.82. The Kier molecular flexibility index (Phi) is 2.94. The summed E-state index contributed by atoms with van der Waals surface area (Å²) < 4.78 is 0. The minimum Gasteiger partial charge on any atom is -0.316 e. The molecule has 1 heterocycles. The molecule has 0 unspecified atom stereocenters. The van der Waals surface area contributed by atoms with Gasteiger partial charge in [-0.2, -0.15) is 0 Å². The average molecular weight is 155 g/mol. The Morgan fingerprint density at radius 3 is 2.55 bits per heavy atom. The van der Waals surface area contributed by atoms with Crippen molar-refractivity contribution in [3.8, 4) is 0 Å². The summed E-state index contributed by atoms with van der Waals surface area (Å²) in [7, 11) is 0. The molecule has 0 bridgehead atoms. The zero-order valence-corrected chi connectivity index (χ0v) is 8.11. The van der Waals surface area contributed by atoms with Crippen molar-refractivity contribution in [2.45, 2.75) is 40.0 Å². The van der Waals surface area contributed by atoms with E-state index in [0.29, 0.717) is 5.41 Å². The Morgan fingerprint density at radius 1 is 1.18 bits per heavy atom. The van der Waals surface area contributed by atoms with Crippen molar-refractivity contribution in [2.75, 3.05) is 13.1 Å². The first-order valence-electron chi connectivity index (χ1n) is 4.81. The standard InChI is InChI=1S/C10H21N/c1-10(2,3)9-6-4-5-7-11-8-9/h9,11H,4-8H2,1-3H3/t9-/m0/s1. The van der Waals surface area contributed by atoms with Crippen molar-refractivity contribution < 1.29 is 0 Å². The van der Waals surface area contributed by atoms with Gasteiger partial charge >= 0.3 is 0 Å². The molecule has 0 aromatic carbocycles. The van der Waals surface area contributed by atoms with Crippen molar-refractivity contribution in [3.63, 3.8) is 0 Å². The second-order valence-electron chi connectivity index (χ2n) is 4.76. The second-order valence-corrected chi connectivity index (χ2v) is 4.76. The highest BCUT2D eigenvalue weighted by atomic mass is 14.9. The van der Waals surface area contributed by atoms with Crippen LogP contribution in [0.25, 0.3) is 0 Å². The second kappa shape index (κ2) is 3.57. The summed E-state index contributed by atoms with van der Waals surface area (Å²) in [5.74, 6) is 0.880. The summed E-state index contributed by atoms with van der Waals surface area (Å²) in [5.41, 5.74) is 0.497. The Balaban J connectivity index is 2.43. The van der Waals surface area contributed by atoms with Gasteiger partial charge in [0.15, 0.2) is 0 Å². The van der Waals surface area contributed by atoms with E-state index in [1.165, 1.54) is 32.4 Å². The minimum atomic E-state index is 0.497. The molecule has 0 aromatic rings. The molecule has 0 aromatic heterocycles. The molecule has 0 radical (unpaired) electrons. The van der Waals surface area contributed by atoms with Crippen LogP contribution in [0.15, 0.2) is 0 Å². The zero-order chi connectivity index (χ0) is 8.32. The summed E-state index contributed by atoms with van der Waals surface area (Å²) in [4.78, 5) is 0. The molecule has 1 atom stereocenters. The van der Waals surface area contributed by atoms with Gasteiger partial charge in [0.25, 0.3) is 0 Å². The normalized spacial score (nSPS) is 28.1. The van der Waals surface area contributed by atoms with E-state index in [9.17, 15) is 0 Å². The van der Waals surface area contributed by atoms with E-state index in [2.05, 4.69) is 26.1 Å². The largest absolute Gasteiger partial charge is 0.316 e. The summed E-state index contributed by atoms with van der Waals surface area (Å²) >= 11 is 0. The molecule has 66 valence electrons. The molecule has 1 aliphatic rings. The molecule has 1 heteroatoms. The van der Waals surface area contributed by atoms with Gasteiger partial charge in [-0.05, 0) is 37.3 Å². The van der Waals surface area contributed by atoms with Crippen molar-refractivity contribution in [3.05, 3.63) is 0 Å². The van der Waals surface area contributed by atoms with Crippen LogP contribution in [0.1, 0.15) is 40.0 Å². The first-order valence-corrected chi connectivity index (χ1v) is 4.81. The van der Waals surface area contributed by atoms with Gasteiger partial charge in [-0.3, -0.25) is 0 Å². The molecule has 1 N–H and O–H groups in total. The van der Waals surface area contributed by atoms with Crippen molar-refractivity contribution >= 4 is 0 Å².